The second-order valence-corrected chi connectivity index (χ2v) is 3.40. The molecule has 2 heterocycles. The Morgan fingerprint density at radius 1 is 1.58 bits per heavy atom. The summed E-state index contributed by atoms with van der Waals surface area (Å²) >= 11 is 1.47. The van der Waals surface area contributed by atoms with Crippen LogP contribution in [0.5, 0.6) is 5.06 Å². The Labute approximate surface area is 73.4 Å². The van der Waals surface area contributed by atoms with Crippen molar-refractivity contribution >= 4 is 21.6 Å². The lowest BCUT2D eigenvalue weighted by molar-refractivity contribution is -0.576. The van der Waals surface area contributed by atoms with Gasteiger partial charge in [0.2, 0.25) is 5.52 Å². The summed E-state index contributed by atoms with van der Waals surface area (Å²) in [6.07, 6.45) is 1.48. The zero-order valence-corrected chi connectivity index (χ0v) is 7.30. The van der Waals surface area contributed by atoms with Gasteiger partial charge in [-0.1, -0.05) is 11.3 Å². The van der Waals surface area contributed by atoms with Crippen LogP contribution in [0.2, 0.25) is 0 Å². The van der Waals surface area contributed by atoms with Gasteiger partial charge in [-0.15, -0.1) is 0 Å². The first-order valence-corrected chi connectivity index (χ1v) is 4.28. The van der Waals surface area contributed by atoms with Crippen LogP contribution >= 0.6 is 11.3 Å². The SMILES string of the molecule is COc1cc2c(ccc[n+]2[O-])s1. The molecule has 2 rings (SSSR count). The number of thiophene rings is 1. The van der Waals surface area contributed by atoms with E-state index in [0.29, 0.717) is 5.52 Å². The molecule has 0 amide bonds. The lowest BCUT2D eigenvalue weighted by Gasteiger charge is -1.93. The third kappa shape index (κ3) is 1.00. The molecule has 4 heteroatoms. The van der Waals surface area contributed by atoms with E-state index in [9.17, 15) is 5.21 Å². The van der Waals surface area contributed by atoms with Gasteiger partial charge >= 0.3 is 0 Å². The summed E-state index contributed by atoms with van der Waals surface area (Å²) in [5.41, 5.74) is 0.666. The molecule has 2 aromatic heterocycles. The van der Waals surface area contributed by atoms with Crippen molar-refractivity contribution in [2.45, 2.75) is 0 Å². The molecule has 62 valence electrons. The van der Waals surface area contributed by atoms with Gasteiger partial charge in [0, 0.05) is 6.07 Å². The van der Waals surface area contributed by atoms with E-state index in [1.54, 1.807) is 19.2 Å². The lowest BCUT2D eigenvalue weighted by atomic mass is 10.4. The third-order valence-electron chi connectivity index (χ3n) is 1.63. The van der Waals surface area contributed by atoms with Crippen LogP contribution in [-0.4, -0.2) is 7.11 Å². The van der Waals surface area contributed by atoms with Gasteiger partial charge in [-0.25, -0.2) is 0 Å². The average Bonchev–Trinajstić information content (AvgIpc) is 2.49. The Balaban J connectivity index is 2.74. The number of hydrogen-bond acceptors (Lipinski definition) is 3. The first kappa shape index (κ1) is 7.36. The Kier molecular flexibility index (Phi) is 1.62. The highest BCUT2D eigenvalue weighted by molar-refractivity contribution is 7.20. The Hall–Kier alpha value is -1.29. The minimum absolute atomic E-state index is 0.666. The van der Waals surface area contributed by atoms with Crippen LogP contribution in [0.4, 0.5) is 0 Å². The van der Waals surface area contributed by atoms with Gasteiger partial charge in [0.25, 0.3) is 0 Å². The van der Waals surface area contributed by atoms with Gasteiger partial charge < -0.3 is 9.94 Å². The van der Waals surface area contributed by atoms with Crippen LogP contribution in [-0.2, 0) is 0 Å². The van der Waals surface area contributed by atoms with E-state index in [2.05, 4.69) is 0 Å². The molecule has 0 aromatic carbocycles. The molecule has 0 unspecified atom stereocenters. The molecule has 0 aliphatic carbocycles. The predicted octanol–water partition coefficient (Wildman–Crippen LogP) is 1.54. The number of hydrogen-bond donors (Lipinski definition) is 0. The predicted molar refractivity (Wildman–Crippen MR) is 47.3 cm³/mol. The molecule has 0 aliphatic heterocycles. The fourth-order valence-electron chi connectivity index (χ4n) is 1.05. The Morgan fingerprint density at radius 3 is 3.08 bits per heavy atom. The standard InChI is InChI=1S/C8H7NO2S/c1-11-8-5-6-7(12-8)3-2-4-9(6)10/h2-5H,1H3. The van der Waals surface area contributed by atoms with E-state index >= 15 is 0 Å². The molecule has 0 radical (unpaired) electrons. The molecule has 0 saturated heterocycles. The van der Waals surface area contributed by atoms with E-state index in [-0.39, 0.29) is 0 Å². The van der Waals surface area contributed by atoms with E-state index in [1.165, 1.54) is 17.5 Å². The minimum atomic E-state index is 0.666. The van der Waals surface area contributed by atoms with Crippen LogP contribution < -0.4 is 9.47 Å². The van der Waals surface area contributed by atoms with Gasteiger partial charge in [0.1, 0.15) is 4.70 Å². The molecular weight excluding hydrogens is 174 g/mol. The van der Waals surface area contributed by atoms with Gasteiger partial charge in [-0.05, 0) is 6.07 Å². The molecule has 3 nitrogen and oxygen atoms in total. The highest BCUT2D eigenvalue weighted by atomic mass is 32.1. The van der Waals surface area contributed by atoms with Crippen molar-refractivity contribution in [3.63, 3.8) is 0 Å². The lowest BCUT2D eigenvalue weighted by Crippen LogP contribution is -2.24. The summed E-state index contributed by atoms with van der Waals surface area (Å²) in [6, 6.07) is 5.37. The van der Waals surface area contributed by atoms with Crippen molar-refractivity contribution < 1.29 is 9.47 Å². The zero-order valence-electron chi connectivity index (χ0n) is 6.48. The molecule has 0 aliphatic rings. The molecule has 0 N–H and O–H groups in total. The third-order valence-corrected chi connectivity index (χ3v) is 2.68. The van der Waals surface area contributed by atoms with Crippen LogP contribution in [0.3, 0.4) is 0 Å². The number of ether oxygens (including phenoxy) is 1. The fraction of sp³-hybridized carbons (Fsp3) is 0.125. The maximum atomic E-state index is 11.2. The second kappa shape index (κ2) is 2.64. The van der Waals surface area contributed by atoms with Crippen molar-refractivity contribution in [3.8, 4) is 5.06 Å². The monoisotopic (exact) mass is 181 g/mol. The van der Waals surface area contributed by atoms with Gasteiger partial charge in [0.05, 0.1) is 13.2 Å². The first-order valence-electron chi connectivity index (χ1n) is 3.47. The largest absolute Gasteiger partial charge is 0.618 e. The number of nitrogens with zero attached hydrogens (tertiary/aromatic N) is 1. The number of pyridine rings is 1. The van der Waals surface area contributed by atoms with Crippen molar-refractivity contribution in [2.75, 3.05) is 7.11 Å². The molecule has 12 heavy (non-hydrogen) atoms. The summed E-state index contributed by atoms with van der Waals surface area (Å²) in [4.78, 5) is 0. The maximum Gasteiger partial charge on any atom is 0.238 e. The highest BCUT2D eigenvalue weighted by Crippen LogP contribution is 2.28. The molecule has 0 saturated carbocycles. The topological polar surface area (TPSA) is 36.2 Å². The van der Waals surface area contributed by atoms with Crippen LogP contribution in [0.25, 0.3) is 10.2 Å². The van der Waals surface area contributed by atoms with Gasteiger partial charge in [-0.2, -0.15) is 4.73 Å². The minimum Gasteiger partial charge on any atom is -0.618 e. The smallest absolute Gasteiger partial charge is 0.238 e. The molecule has 2 aromatic rings. The van der Waals surface area contributed by atoms with Gasteiger partial charge in [0.15, 0.2) is 11.3 Å². The van der Waals surface area contributed by atoms with Crippen molar-refractivity contribution in [1.82, 2.24) is 0 Å². The van der Waals surface area contributed by atoms with E-state index in [1.807, 2.05) is 6.07 Å². The van der Waals surface area contributed by atoms with Crippen LogP contribution in [0.15, 0.2) is 24.4 Å². The number of aromatic nitrogens is 1. The zero-order chi connectivity index (χ0) is 8.55. The molecule has 0 fully saturated rings. The summed E-state index contributed by atoms with van der Waals surface area (Å²) < 4.78 is 6.81. The molecule has 0 atom stereocenters. The molecular formula is C8H7NO2S. The normalized spacial score (nSPS) is 10.4. The number of methoxy groups -OCH3 is 1. The fourth-order valence-corrected chi connectivity index (χ4v) is 1.92. The van der Waals surface area contributed by atoms with Crippen molar-refractivity contribution in [2.24, 2.45) is 0 Å². The summed E-state index contributed by atoms with van der Waals surface area (Å²) in [7, 11) is 1.60. The highest BCUT2D eigenvalue weighted by Gasteiger charge is 2.07. The maximum absolute atomic E-state index is 11.2. The Morgan fingerprint density at radius 2 is 2.42 bits per heavy atom. The second-order valence-electron chi connectivity index (χ2n) is 2.35. The average molecular weight is 181 g/mol. The quantitative estimate of drug-likeness (QED) is 0.494. The first-order chi connectivity index (χ1) is 5.81. The number of fused-ring (bicyclic) bond motifs is 1. The van der Waals surface area contributed by atoms with Crippen LogP contribution in [0.1, 0.15) is 0 Å². The summed E-state index contributed by atoms with van der Waals surface area (Å²) in [6.45, 7) is 0. The van der Waals surface area contributed by atoms with Crippen molar-refractivity contribution in [3.05, 3.63) is 29.6 Å². The van der Waals surface area contributed by atoms with Gasteiger partial charge in [-0.3, -0.25) is 0 Å². The van der Waals surface area contributed by atoms with E-state index in [0.717, 1.165) is 14.5 Å². The van der Waals surface area contributed by atoms with E-state index in [4.69, 9.17) is 4.74 Å². The Bertz CT molecular complexity index is 410. The molecule has 0 spiro atoms. The van der Waals surface area contributed by atoms with Crippen molar-refractivity contribution in [1.29, 1.82) is 0 Å². The molecule has 0 bridgehead atoms. The number of rotatable bonds is 1. The summed E-state index contributed by atoms with van der Waals surface area (Å²) in [5.74, 6) is 0. The van der Waals surface area contributed by atoms with E-state index < -0.39 is 0 Å². The van der Waals surface area contributed by atoms with Crippen LogP contribution in [0, 0.1) is 5.21 Å². The summed E-state index contributed by atoms with van der Waals surface area (Å²) in [5, 5.41) is 11.9.